The number of hydrogen-bond donors (Lipinski definition) is 0. The van der Waals surface area contributed by atoms with Gasteiger partial charge in [-0.25, -0.2) is 4.99 Å². The van der Waals surface area contributed by atoms with E-state index in [4.69, 9.17) is 15.1 Å². The first-order chi connectivity index (χ1) is 18.9. The Labute approximate surface area is 233 Å². The summed E-state index contributed by atoms with van der Waals surface area (Å²) in [4.78, 5) is 14.8. The number of aromatic nitrogens is 2. The average molecular weight is 523 g/mol. The van der Waals surface area contributed by atoms with Gasteiger partial charge in [0.1, 0.15) is 0 Å². The van der Waals surface area contributed by atoms with Gasteiger partial charge in [0.25, 0.3) is 0 Å². The number of amidine groups is 1. The molecule has 1 unspecified atom stereocenters. The molecule has 1 saturated heterocycles. The van der Waals surface area contributed by atoms with E-state index in [9.17, 15) is 0 Å². The summed E-state index contributed by atoms with van der Waals surface area (Å²) in [6.45, 7) is 13.9. The van der Waals surface area contributed by atoms with E-state index in [1.807, 2.05) is 0 Å². The molecule has 204 valence electrons. The third kappa shape index (κ3) is 5.78. The first kappa shape index (κ1) is 26.1. The molecule has 0 aliphatic carbocycles. The summed E-state index contributed by atoms with van der Waals surface area (Å²) < 4.78 is 2.34. The number of aryl methyl sites for hydroxylation is 2. The highest BCUT2D eigenvalue weighted by molar-refractivity contribution is 6.12. The van der Waals surface area contributed by atoms with Gasteiger partial charge in [-0.15, -0.1) is 0 Å². The van der Waals surface area contributed by atoms with E-state index in [2.05, 4.69) is 90.8 Å². The number of likely N-dealkylation sites (tertiary alicyclic amines) is 1. The molecule has 6 nitrogen and oxygen atoms in total. The molecular formula is C33H42N6. The molecule has 0 spiro atoms. The molecule has 3 aliphatic heterocycles. The van der Waals surface area contributed by atoms with Crippen LogP contribution in [-0.4, -0.2) is 70.9 Å². The number of hydrogen-bond acceptors (Lipinski definition) is 5. The molecule has 6 heteroatoms. The molecule has 0 N–H and O–H groups in total. The number of rotatable bonds is 7. The number of benzene rings is 2. The molecule has 0 radical (unpaired) electrons. The fraction of sp³-hybridized carbons (Fsp3) is 0.485. The zero-order valence-corrected chi connectivity index (χ0v) is 24.0. The van der Waals surface area contributed by atoms with Crippen LogP contribution in [0.15, 0.2) is 58.5 Å². The highest BCUT2D eigenvalue weighted by Gasteiger charge is 2.28. The van der Waals surface area contributed by atoms with Crippen molar-refractivity contribution < 1.29 is 0 Å². The fourth-order valence-corrected chi connectivity index (χ4v) is 6.40. The quantitative estimate of drug-likeness (QED) is 0.417. The number of likely N-dealkylation sites (N-methyl/N-ethyl adjacent to an activating group) is 1. The van der Waals surface area contributed by atoms with Crippen LogP contribution in [0.25, 0.3) is 11.3 Å². The Kier molecular flexibility index (Phi) is 7.50. The Morgan fingerprint density at radius 3 is 2.23 bits per heavy atom. The summed E-state index contributed by atoms with van der Waals surface area (Å²) in [7, 11) is 2.22. The van der Waals surface area contributed by atoms with Crippen LogP contribution < -0.4 is 0 Å². The van der Waals surface area contributed by atoms with Gasteiger partial charge in [-0.2, -0.15) is 5.10 Å². The normalized spacial score (nSPS) is 19.6. The minimum Gasteiger partial charge on any atom is -0.303 e. The molecule has 4 heterocycles. The van der Waals surface area contributed by atoms with E-state index in [1.165, 1.54) is 52.2 Å². The fourth-order valence-electron chi connectivity index (χ4n) is 6.40. The zero-order chi connectivity index (χ0) is 26.9. The molecule has 0 amide bonds. The Balaban J connectivity index is 1.06. The van der Waals surface area contributed by atoms with Crippen LogP contribution >= 0.6 is 0 Å². The summed E-state index contributed by atoms with van der Waals surface area (Å²) in [5.74, 6) is 2.03. The summed E-state index contributed by atoms with van der Waals surface area (Å²) in [6.07, 6.45) is 3.45. The molecule has 1 fully saturated rings. The van der Waals surface area contributed by atoms with Crippen molar-refractivity contribution in [3.05, 3.63) is 76.5 Å². The summed E-state index contributed by atoms with van der Waals surface area (Å²) in [6, 6.07) is 17.4. The van der Waals surface area contributed by atoms with Crippen molar-refractivity contribution in [3.8, 4) is 11.3 Å². The minimum absolute atomic E-state index is 0.552. The number of piperidine rings is 1. The standard InChI is InChI=1S/C33H42N6/c1-23-5-9-27(10-6-23)32-29-22-37(4)16-15-31(29)39(36-32)21-25(3)20-38-17-13-26(14-18-38)30-19-34-33(35-30)28-11-7-24(2)8-12-28/h5-12,25-26H,13-22H2,1-4H3. The van der Waals surface area contributed by atoms with Crippen LogP contribution in [0.5, 0.6) is 0 Å². The zero-order valence-electron chi connectivity index (χ0n) is 24.0. The van der Waals surface area contributed by atoms with Crippen LogP contribution in [0.2, 0.25) is 0 Å². The minimum atomic E-state index is 0.552. The van der Waals surface area contributed by atoms with Crippen LogP contribution in [0.1, 0.15) is 47.7 Å². The molecule has 3 aliphatic rings. The second-order valence-electron chi connectivity index (χ2n) is 12.1. The lowest BCUT2D eigenvalue weighted by molar-refractivity contribution is 0.175. The molecule has 1 atom stereocenters. The van der Waals surface area contributed by atoms with Crippen molar-refractivity contribution in [2.24, 2.45) is 21.8 Å². The molecule has 2 aromatic carbocycles. The van der Waals surface area contributed by atoms with Crippen LogP contribution in [0, 0.1) is 25.7 Å². The van der Waals surface area contributed by atoms with Crippen molar-refractivity contribution in [3.63, 3.8) is 0 Å². The van der Waals surface area contributed by atoms with E-state index in [0.29, 0.717) is 11.8 Å². The highest BCUT2D eigenvalue weighted by Crippen LogP contribution is 2.31. The third-order valence-corrected chi connectivity index (χ3v) is 8.71. The highest BCUT2D eigenvalue weighted by atomic mass is 15.3. The van der Waals surface area contributed by atoms with Gasteiger partial charge < -0.3 is 9.80 Å². The maximum atomic E-state index is 5.20. The second kappa shape index (κ2) is 11.2. The van der Waals surface area contributed by atoms with Crippen LogP contribution in [0.3, 0.4) is 0 Å². The van der Waals surface area contributed by atoms with Gasteiger partial charge in [0.15, 0.2) is 5.84 Å². The monoisotopic (exact) mass is 522 g/mol. The smallest absolute Gasteiger partial charge is 0.154 e. The maximum absolute atomic E-state index is 5.20. The van der Waals surface area contributed by atoms with Crippen molar-refractivity contribution in [1.82, 2.24) is 19.6 Å². The lowest BCUT2D eigenvalue weighted by atomic mass is 9.91. The van der Waals surface area contributed by atoms with E-state index in [0.717, 1.165) is 63.6 Å². The van der Waals surface area contributed by atoms with Gasteiger partial charge in [0.2, 0.25) is 0 Å². The van der Waals surface area contributed by atoms with Gasteiger partial charge >= 0.3 is 0 Å². The predicted octanol–water partition coefficient (Wildman–Crippen LogP) is 5.40. The number of aliphatic imine (C=N–C) groups is 2. The molecular weight excluding hydrogens is 480 g/mol. The summed E-state index contributed by atoms with van der Waals surface area (Å²) >= 11 is 0. The number of nitrogens with zero attached hydrogens (tertiary/aromatic N) is 6. The van der Waals surface area contributed by atoms with Crippen LogP contribution in [0.4, 0.5) is 0 Å². The van der Waals surface area contributed by atoms with E-state index >= 15 is 0 Å². The number of fused-ring (bicyclic) bond motifs is 1. The third-order valence-electron chi connectivity index (χ3n) is 8.71. The maximum Gasteiger partial charge on any atom is 0.154 e. The average Bonchev–Trinajstić information content (AvgIpc) is 3.56. The molecule has 0 saturated carbocycles. The SMILES string of the molecule is Cc1ccc(C2=NCC(C3CCN(CC(C)Cn4nc(-c5ccc(C)cc5)c5c4CCN(C)C5)CC3)=N2)cc1. The van der Waals surface area contributed by atoms with Gasteiger partial charge in [-0.1, -0.05) is 66.6 Å². The Bertz CT molecular complexity index is 1360. The van der Waals surface area contributed by atoms with Crippen molar-refractivity contribution in [2.75, 3.05) is 39.8 Å². The molecule has 1 aromatic heterocycles. The summed E-state index contributed by atoms with van der Waals surface area (Å²) in [5, 5.41) is 5.20. The lowest BCUT2D eigenvalue weighted by Gasteiger charge is -2.33. The Morgan fingerprint density at radius 2 is 1.54 bits per heavy atom. The van der Waals surface area contributed by atoms with Crippen molar-refractivity contribution in [2.45, 2.75) is 53.1 Å². The first-order valence-electron chi connectivity index (χ1n) is 14.7. The molecule has 0 bridgehead atoms. The van der Waals surface area contributed by atoms with Gasteiger partial charge in [-0.3, -0.25) is 9.67 Å². The first-order valence-corrected chi connectivity index (χ1v) is 14.7. The predicted molar refractivity (Wildman–Crippen MR) is 161 cm³/mol. The van der Waals surface area contributed by atoms with Crippen molar-refractivity contribution in [1.29, 1.82) is 0 Å². The van der Waals surface area contributed by atoms with E-state index in [-0.39, 0.29) is 0 Å². The van der Waals surface area contributed by atoms with Crippen molar-refractivity contribution >= 4 is 11.5 Å². The van der Waals surface area contributed by atoms with Gasteiger partial charge in [0.05, 0.1) is 12.2 Å². The largest absolute Gasteiger partial charge is 0.303 e. The molecule has 3 aromatic rings. The van der Waals surface area contributed by atoms with E-state index in [1.54, 1.807) is 0 Å². The molecule has 39 heavy (non-hydrogen) atoms. The van der Waals surface area contributed by atoms with Gasteiger partial charge in [-0.05, 0) is 52.7 Å². The van der Waals surface area contributed by atoms with Crippen LogP contribution in [-0.2, 0) is 19.5 Å². The molecule has 6 rings (SSSR count). The summed E-state index contributed by atoms with van der Waals surface area (Å²) in [5.41, 5.74) is 10.3. The Morgan fingerprint density at radius 1 is 0.872 bits per heavy atom. The van der Waals surface area contributed by atoms with Gasteiger partial charge in [0, 0.05) is 66.6 Å². The van der Waals surface area contributed by atoms with E-state index < -0.39 is 0 Å². The second-order valence-corrected chi connectivity index (χ2v) is 12.1. The Hall–Kier alpha value is -3.09. The lowest BCUT2D eigenvalue weighted by Crippen LogP contribution is -2.39. The topological polar surface area (TPSA) is 49.0 Å².